The first-order chi connectivity index (χ1) is 7.79. The highest BCUT2D eigenvalue weighted by Crippen LogP contribution is 2.45. The van der Waals surface area contributed by atoms with Crippen LogP contribution >= 0.6 is 0 Å². The molecule has 1 aliphatic carbocycles. The average Bonchev–Trinajstić information content (AvgIpc) is 2.76. The summed E-state index contributed by atoms with van der Waals surface area (Å²) >= 11 is 0. The molecule has 4 nitrogen and oxygen atoms in total. The summed E-state index contributed by atoms with van der Waals surface area (Å²) in [6.45, 7) is 5.06. The Morgan fingerprint density at radius 1 is 1.25 bits per heavy atom. The third-order valence-electron chi connectivity index (χ3n) is 4.22. The van der Waals surface area contributed by atoms with Crippen LogP contribution in [0, 0.1) is 5.41 Å². The Balaban J connectivity index is 1.91. The summed E-state index contributed by atoms with van der Waals surface area (Å²) in [6, 6.07) is 0. The maximum absolute atomic E-state index is 5.51. The number of nitrogens with two attached hydrogens (primary N) is 1. The largest absolute Gasteiger partial charge is 0.342 e. The molecule has 0 aromatic heterocycles. The molecule has 0 amide bonds. The van der Waals surface area contributed by atoms with E-state index in [-0.39, 0.29) is 0 Å². The van der Waals surface area contributed by atoms with Gasteiger partial charge in [0, 0.05) is 19.6 Å². The highest BCUT2D eigenvalue weighted by Gasteiger charge is 2.37. The third kappa shape index (κ3) is 2.32. The van der Waals surface area contributed by atoms with Gasteiger partial charge in [0.05, 0.1) is 0 Å². The fourth-order valence-corrected chi connectivity index (χ4v) is 3.20. The lowest BCUT2D eigenvalue weighted by Gasteiger charge is -2.40. The number of nitrogens with one attached hydrogen (secondary N) is 1. The average molecular weight is 224 g/mol. The van der Waals surface area contributed by atoms with Crippen LogP contribution in [0.4, 0.5) is 0 Å². The Morgan fingerprint density at radius 2 is 1.88 bits per heavy atom. The Bertz CT molecular complexity index is 246. The van der Waals surface area contributed by atoms with Crippen LogP contribution in [0.3, 0.4) is 0 Å². The molecule has 2 aliphatic rings. The summed E-state index contributed by atoms with van der Waals surface area (Å²) in [4.78, 5) is 6.69. The first-order valence-electron chi connectivity index (χ1n) is 6.56. The molecule has 16 heavy (non-hydrogen) atoms. The monoisotopic (exact) mass is 224 g/mol. The second-order valence-electron chi connectivity index (χ2n) is 5.14. The fourth-order valence-electron chi connectivity index (χ4n) is 3.20. The summed E-state index contributed by atoms with van der Waals surface area (Å²) in [5, 5.41) is 0. The van der Waals surface area contributed by atoms with Gasteiger partial charge in [-0.15, -0.1) is 0 Å². The number of rotatable bonds is 1. The number of hydrogen-bond donors (Lipinski definition) is 2. The first kappa shape index (κ1) is 11.7. The van der Waals surface area contributed by atoms with Crippen LogP contribution < -0.4 is 11.3 Å². The first-order valence-corrected chi connectivity index (χ1v) is 6.56. The molecule has 1 saturated carbocycles. The summed E-state index contributed by atoms with van der Waals surface area (Å²) in [5.41, 5.74) is 3.40. The fraction of sp³-hybridized carbons (Fsp3) is 0.917. The molecule has 0 aromatic rings. The molecule has 1 aliphatic heterocycles. The van der Waals surface area contributed by atoms with Gasteiger partial charge in [0.15, 0.2) is 0 Å². The van der Waals surface area contributed by atoms with Gasteiger partial charge in [-0.2, -0.15) is 0 Å². The Morgan fingerprint density at radius 3 is 2.38 bits per heavy atom. The molecule has 0 bridgehead atoms. The number of guanidine groups is 1. The molecule has 1 saturated heterocycles. The zero-order chi connectivity index (χ0) is 11.4. The van der Waals surface area contributed by atoms with Crippen molar-refractivity contribution in [2.45, 2.75) is 45.4 Å². The van der Waals surface area contributed by atoms with Crippen molar-refractivity contribution < 1.29 is 0 Å². The lowest BCUT2D eigenvalue weighted by Crippen LogP contribution is -2.49. The molecule has 0 atom stereocenters. The van der Waals surface area contributed by atoms with Crippen LogP contribution in [0.1, 0.15) is 45.4 Å². The van der Waals surface area contributed by atoms with Gasteiger partial charge in [-0.1, -0.05) is 12.8 Å². The second kappa shape index (κ2) is 5.04. The number of piperidine rings is 1. The number of likely N-dealkylation sites (tertiary alicyclic amines) is 1. The van der Waals surface area contributed by atoms with E-state index < -0.39 is 0 Å². The smallest absolute Gasteiger partial charge is 0.208 e. The summed E-state index contributed by atoms with van der Waals surface area (Å²) in [5.74, 6) is 6.38. The van der Waals surface area contributed by atoms with Crippen molar-refractivity contribution in [2.75, 3.05) is 19.6 Å². The highest BCUT2D eigenvalue weighted by molar-refractivity contribution is 5.79. The van der Waals surface area contributed by atoms with Crippen molar-refractivity contribution in [1.82, 2.24) is 10.3 Å². The van der Waals surface area contributed by atoms with E-state index in [2.05, 4.69) is 15.3 Å². The molecule has 0 radical (unpaired) electrons. The predicted molar refractivity (Wildman–Crippen MR) is 67.0 cm³/mol. The van der Waals surface area contributed by atoms with Crippen LogP contribution in [0.25, 0.3) is 0 Å². The van der Waals surface area contributed by atoms with Crippen LogP contribution in [-0.4, -0.2) is 30.5 Å². The van der Waals surface area contributed by atoms with Crippen molar-refractivity contribution in [3.63, 3.8) is 0 Å². The van der Waals surface area contributed by atoms with E-state index in [1.165, 1.54) is 38.5 Å². The molecular formula is C12H24N4. The molecule has 2 rings (SSSR count). The van der Waals surface area contributed by atoms with Gasteiger partial charge in [-0.05, 0) is 38.0 Å². The zero-order valence-corrected chi connectivity index (χ0v) is 10.3. The van der Waals surface area contributed by atoms with E-state index in [1.807, 2.05) is 6.92 Å². The Kier molecular flexibility index (Phi) is 3.69. The highest BCUT2D eigenvalue weighted by atomic mass is 15.4. The number of hydrazine groups is 1. The minimum atomic E-state index is 0.669. The quantitative estimate of drug-likeness (QED) is 0.307. The van der Waals surface area contributed by atoms with E-state index >= 15 is 0 Å². The summed E-state index contributed by atoms with van der Waals surface area (Å²) in [6.07, 6.45) is 8.39. The van der Waals surface area contributed by atoms with E-state index in [9.17, 15) is 0 Å². The lowest BCUT2D eigenvalue weighted by atomic mass is 9.77. The van der Waals surface area contributed by atoms with Gasteiger partial charge in [-0.25, -0.2) is 5.84 Å². The van der Waals surface area contributed by atoms with Crippen LogP contribution in [0.15, 0.2) is 4.99 Å². The topological polar surface area (TPSA) is 53.6 Å². The maximum atomic E-state index is 5.51. The standard InChI is InChI=1S/C12H24N4/c1-2-14-11(15-13)16-9-7-12(8-10-16)5-3-4-6-12/h2-10,13H2,1H3,(H,14,15). The van der Waals surface area contributed by atoms with Gasteiger partial charge in [0.25, 0.3) is 0 Å². The molecular weight excluding hydrogens is 200 g/mol. The third-order valence-corrected chi connectivity index (χ3v) is 4.22. The van der Waals surface area contributed by atoms with Crippen LogP contribution in [0.5, 0.6) is 0 Å². The molecule has 0 aromatic carbocycles. The lowest BCUT2D eigenvalue weighted by molar-refractivity contribution is 0.151. The number of nitrogens with zero attached hydrogens (tertiary/aromatic N) is 2. The van der Waals surface area contributed by atoms with Gasteiger partial charge in [0.1, 0.15) is 0 Å². The minimum Gasteiger partial charge on any atom is -0.342 e. The number of hydrogen-bond acceptors (Lipinski definition) is 2. The molecule has 92 valence electrons. The van der Waals surface area contributed by atoms with Gasteiger partial charge in [-0.3, -0.25) is 10.4 Å². The zero-order valence-electron chi connectivity index (χ0n) is 10.3. The van der Waals surface area contributed by atoms with E-state index in [0.717, 1.165) is 25.6 Å². The van der Waals surface area contributed by atoms with E-state index in [0.29, 0.717) is 5.41 Å². The van der Waals surface area contributed by atoms with Crippen molar-refractivity contribution in [2.24, 2.45) is 16.3 Å². The SMILES string of the molecule is CCN=C(NN)N1CCC2(CCCC2)CC1. The normalized spacial score (nSPS) is 25.1. The molecule has 3 N–H and O–H groups in total. The summed E-state index contributed by atoms with van der Waals surface area (Å²) < 4.78 is 0. The molecule has 4 heteroatoms. The predicted octanol–water partition coefficient (Wildman–Crippen LogP) is 1.48. The van der Waals surface area contributed by atoms with E-state index in [1.54, 1.807) is 0 Å². The van der Waals surface area contributed by atoms with Gasteiger partial charge >= 0.3 is 0 Å². The summed E-state index contributed by atoms with van der Waals surface area (Å²) in [7, 11) is 0. The van der Waals surface area contributed by atoms with E-state index in [4.69, 9.17) is 5.84 Å². The maximum Gasteiger partial charge on any atom is 0.208 e. The van der Waals surface area contributed by atoms with Crippen LogP contribution in [-0.2, 0) is 0 Å². The van der Waals surface area contributed by atoms with Crippen molar-refractivity contribution in [3.05, 3.63) is 0 Å². The molecule has 1 spiro atoms. The van der Waals surface area contributed by atoms with Crippen molar-refractivity contribution >= 4 is 5.96 Å². The van der Waals surface area contributed by atoms with Gasteiger partial charge in [0.2, 0.25) is 5.96 Å². The van der Waals surface area contributed by atoms with Crippen LogP contribution in [0.2, 0.25) is 0 Å². The Hall–Kier alpha value is -0.770. The minimum absolute atomic E-state index is 0.669. The van der Waals surface area contributed by atoms with Crippen molar-refractivity contribution in [1.29, 1.82) is 0 Å². The molecule has 1 heterocycles. The van der Waals surface area contributed by atoms with Gasteiger partial charge < -0.3 is 4.90 Å². The number of aliphatic imine (C=N–C) groups is 1. The molecule has 0 unspecified atom stereocenters. The van der Waals surface area contributed by atoms with Crippen molar-refractivity contribution in [3.8, 4) is 0 Å². The molecule has 2 fully saturated rings. The second-order valence-corrected chi connectivity index (χ2v) is 5.14. The Labute approximate surface area is 98.3 Å².